The number of benzene rings is 1. The summed E-state index contributed by atoms with van der Waals surface area (Å²) in [6.45, 7) is -0.0410. The molecule has 0 aliphatic heterocycles. The maximum atomic E-state index is 13.3. The molecule has 5 heteroatoms. The minimum Gasteiger partial charge on any atom is -0.467 e. The maximum absolute atomic E-state index is 13.3. The lowest BCUT2D eigenvalue weighted by atomic mass is 10.2. The highest BCUT2D eigenvalue weighted by molar-refractivity contribution is 5.94. The van der Waals surface area contributed by atoms with Gasteiger partial charge in [0.15, 0.2) is 0 Å². The number of carbonyl (C=O) groups is 1. The van der Waals surface area contributed by atoms with Crippen LogP contribution in [0, 0.1) is 5.82 Å². The van der Waals surface area contributed by atoms with Gasteiger partial charge in [-0.2, -0.15) is 0 Å². The smallest absolute Gasteiger partial charge is 0.254 e. The molecule has 2 rings (SSSR count). The van der Waals surface area contributed by atoms with Crippen molar-refractivity contribution >= 4 is 5.91 Å². The minimum atomic E-state index is -0.948. The van der Waals surface area contributed by atoms with Gasteiger partial charge in [0.05, 0.1) is 18.4 Å². The van der Waals surface area contributed by atoms with Crippen LogP contribution in [0.5, 0.6) is 0 Å². The Kier molecular flexibility index (Phi) is 3.74. The number of amides is 1. The molecule has 1 heterocycles. The van der Waals surface area contributed by atoms with E-state index >= 15 is 0 Å². The molecule has 0 radical (unpaired) electrons. The third kappa shape index (κ3) is 2.75. The van der Waals surface area contributed by atoms with Gasteiger partial charge in [-0.3, -0.25) is 4.79 Å². The zero-order valence-electron chi connectivity index (χ0n) is 9.47. The fourth-order valence-electron chi connectivity index (χ4n) is 1.51. The van der Waals surface area contributed by atoms with Crippen LogP contribution >= 0.6 is 0 Å². The predicted molar refractivity (Wildman–Crippen MR) is 62.4 cm³/mol. The summed E-state index contributed by atoms with van der Waals surface area (Å²) in [5.41, 5.74) is -0.0517. The molecule has 94 valence electrons. The van der Waals surface area contributed by atoms with Crippen molar-refractivity contribution in [3.8, 4) is 0 Å². The van der Waals surface area contributed by atoms with E-state index in [1.165, 1.54) is 24.5 Å². The maximum Gasteiger partial charge on any atom is 0.254 e. The van der Waals surface area contributed by atoms with E-state index in [2.05, 4.69) is 5.32 Å². The lowest BCUT2D eigenvalue weighted by Crippen LogP contribution is -2.28. The Morgan fingerprint density at radius 2 is 2.11 bits per heavy atom. The van der Waals surface area contributed by atoms with E-state index in [0.29, 0.717) is 5.76 Å². The minimum absolute atomic E-state index is 0.0410. The molecule has 18 heavy (non-hydrogen) atoms. The van der Waals surface area contributed by atoms with Crippen LogP contribution in [0.25, 0.3) is 0 Å². The van der Waals surface area contributed by atoms with Crippen molar-refractivity contribution in [2.45, 2.75) is 6.10 Å². The zero-order chi connectivity index (χ0) is 13.0. The van der Waals surface area contributed by atoms with Crippen LogP contribution in [-0.4, -0.2) is 17.6 Å². The molecular formula is C13H12FNO3. The molecule has 0 spiro atoms. The second-order valence-corrected chi connectivity index (χ2v) is 3.72. The largest absolute Gasteiger partial charge is 0.467 e. The van der Waals surface area contributed by atoms with Crippen molar-refractivity contribution in [1.82, 2.24) is 5.32 Å². The molecule has 4 nitrogen and oxygen atoms in total. The number of hydrogen-bond donors (Lipinski definition) is 2. The van der Waals surface area contributed by atoms with E-state index in [0.717, 1.165) is 0 Å². The van der Waals surface area contributed by atoms with Crippen molar-refractivity contribution in [3.05, 3.63) is 59.8 Å². The fraction of sp³-hybridized carbons (Fsp3) is 0.154. The van der Waals surface area contributed by atoms with Crippen molar-refractivity contribution in [2.75, 3.05) is 6.54 Å². The van der Waals surface area contributed by atoms with Crippen LogP contribution in [0.4, 0.5) is 4.39 Å². The van der Waals surface area contributed by atoms with Crippen molar-refractivity contribution < 1.29 is 18.7 Å². The summed E-state index contributed by atoms with van der Waals surface area (Å²) >= 11 is 0. The number of rotatable bonds is 4. The van der Waals surface area contributed by atoms with Gasteiger partial charge in [0.1, 0.15) is 17.7 Å². The summed E-state index contributed by atoms with van der Waals surface area (Å²) < 4.78 is 18.3. The number of furan rings is 1. The van der Waals surface area contributed by atoms with Crippen LogP contribution in [0.1, 0.15) is 22.2 Å². The van der Waals surface area contributed by atoms with E-state index in [4.69, 9.17) is 4.42 Å². The summed E-state index contributed by atoms with van der Waals surface area (Å²) in [6, 6.07) is 8.89. The Morgan fingerprint density at radius 1 is 1.33 bits per heavy atom. The van der Waals surface area contributed by atoms with E-state index < -0.39 is 17.8 Å². The van der Waals surface area contributed by atoms with Crippen molar-refractivity contribution in [3.63, 3.8) is 0 Å². The summed E-state index contributed by atoms with van der Waals surface area (Å²) in [5, 5.41) is 12.1. The highest BCUT2D eigenvalue weighted by Gasteiger charge is 2.14. The van der Waals surface area contributed by atoms with Crippen LogP contribution in [0.2, 0.25) is 0 Å². The van der Waals surface area contributed by atoms with Gasteiger partial charge in [0.2, 0.25) is 0 Å². The van der Waals surface area contributed by atoms with Crippen molar-refractivity contribution in [2.24, 2.45) is 0 Å². The Hall–Kier alpha value is -2.14. The predicted octanol–water partition coefficient (Wildman–Crippen LogP) is 1.88. The summed E-state index contributed by atoms with van der Waals surface area (Å²) in [5.74, 6) is -0.815. The molecule has 0 saturated heterocycles. The van der Waals surface area contributed by atoms with E-state index in [1.807, 2.05) is 0 Å². The van der Waals surface area contributed by atoms with Gasteiger partial charge in [0, 0.05) is 0 Å². The third-order valence-corrected chi connectivity index (χ3v) is 2.45. The molecule has 1 atom stereocenters. The number of nitrogens with one attached hydrogen (secondary N) is 1. The van der Waals surface area contributed by atoms with Crippen LogP contribution in [-0.2, 0) is 0 Å². The molecule has 1 aromatic heterocycles. The first-order chi connectivity index (χ1) is 8.68. The molecule has 0 bridgehead atoms. The van der Waals surface area contributed by atoms with Gasteiger partial charge in [-0.05, 0) is 24.3 Å². The zero-order valence-corrected chi connectivity index (χ0v) is 9.47. The second kappa shape index (κ2) is 5.46. The molecule has 2 N–H and O–H groups in total. The molecule has 0 fully saturated rings. The summed E-state index contributed by atoms with van der Waals surface area (Å²) in [7, 11) is 0. The van der Waals surface area contributed by atoms with Crippen LogP contribution in [0.3, 0.4) is 0 Å². The third-order valence-electron chi connectivity index (χ3n) is 2.45. The number of hydrogen-bond acceptors (Lipinski definition) is 3. The second-order valence-electron chi connectivity index (χ2n) is 3.72. The topological polar surface area (TPSA) is 62.5 Å². The number of carbonyl (C=O) groups excluding carboxylic acids is 1. The van der Waals surface area contributed by atoms with Gasteiger partial charge in [0.25, 0.3) is 5.91 Å². The summed E-state index contributed by atoms with van der Waals surface area (Å²) in [4.78, 5) is 11.6. The fourth-order valence-corrected chi connectivity index (χ4v) is 1.51. The lowest BCUT2D eigenvalue weighted by molar-refractivity contribution is 0.0897. The van der Waals surface area contributed by atoms with Crippen LogP contribution in [0.15, 0.2) is 47.1 Å². The molecule has 0 aliphatic rings. The standard InChI is InChI=1S/C13H12FNO3/c14-10-5-2-1-4-9(10)13(17)15-8-11(16)12-6-3-7-18-12/h1-7,11,16H,8H2,(H,15,17). The summed E-state index contributed by atoms with van der Waals surface area (Å²) in [6.07, 6.45) is 0.479. The van der Waals surface area contributed by atoms with Gasteiger partial charge in [-0.15, -0.1) is 0 Å². The normalized spacial score (nSPS) is 12.1. The lowest BCUT2D eigenvalue weighted by Gasteiger charge is -2.09. The molecule has 0 aliphatic carbocycles. The number of halogens is 1. The highest BCUT2D eigenvalue weighted by atomic mass is 19.1. The Balaban J connectivity index is 1.95. The first-order valence-corrected chi connectivity index (χ1v) is 5.42. The van der Waals surface area contributed by atoms with Crippen molar-refractivity contribution in [1.29, 1.82) is 0 Å². The SMILES string of the molecule is O=C(NCC(O)c1ccco1)c1ccccc1F. The molecule has 1 amide bonds. The van der Waals surface area contributed by atoms with E-state index in [9.17, 15) is 14.3 Å². The highest BCUT2D eigenvalue weighted by Crippen LogP contribution is 2.12. The Morgan fingerprint density at radius 3 is 2.78 bits per heavy atom. The number of aliphatic hydroxyl groups is 1. The molecular weight excluding hydrogens is 237 g/mol. The first kappa shape index (κ1) is 12.3. The average Bonchev–Trinajstić information content (AvgIpc) is 2.90. The Bertz CT molecular complexity index is 525. The Labute approximate surface area is 103 Å². The number of aliphatic hydroxyl groups excluding tert-OH is 1. The molecule has 1 unspecified atom stereocenters. The van der Waals surface area contributed by atoms with Gasteiger partial charge < -0.3 is 14.8 Å². The molecule has 1 aromatic carbocycles. The quantitative estimate of drug-likeness (QED) is 0.869. The monoisotopic (exact) mass is 249 g/mol. The van der Waals surface area contributed by atoms with Crippen LogP contribution < -0.4 is 5.32 Å². The van der Waals surface area contributed by atoms with E-state index in [1.54, 1.807) is 18.2 Å². The van der Waals surface area contributed by atoms with E-state index in [-0.39, 0.29) is 12.1 Å². The first-order valence-electron chi connectivity index (χ1n) is 5.42. The molecule has 0 saturated carbocycles. The van der Waals surface area contributed by atoms with Gasteiger partial charge in [-0.25, -0.2) is 4.39 Å². The average molecular weight is 249 g/mol. The van der Waals surface area contributed by atoms with Gasteiger partial charge in [-0.1, -0.05) is 12.1 Å². The molecule has 2 aromatic rings. The van der Waals surface area contributed by atoms with Gasteiger partial charge >= 0.3 is 0 Å².